The fraction of sp³-hybridized carbons (Fsp3) is 0.500. The Balaban J connectivity index is 2.47. The number of ether oxygens (including phenoxy) is 2. The third kappa shape index (κ3) is 1.85. The summed E-state index contributed by atoms with van der Waals surface area (Å²) in [5.41, 5.74) is 0.254. The molecule has 1 aromatic rings. The molecule has 0 spiro atoms. The molecule has 1 aliphatic heterocycles. The largest absolute Gasteiger partial charge is 0.375 e. The van der Waals surface area contributed by atoms with Crippen molar-refractivity contribution in [3.63, 3.8) is 0 Å². The van der Waals surface area contributed by atoms with Gasteiger partial charge in [0.15, 0.2) is 0 Å². The second-order valence-corrected chi connectivity index (χ2v) is 4.57. The number of rotatable bonds is 2. The summed E-state index contributed by atoms with van der Waals surface area (Å²) in [7, 11) is 1.63. The summed E-state index contributed by atoms with van der Waals surface area (Å²) >= 11 is 4.19. The van der Waals surface area contributed by atoms with Gasteiger partial charge in [-0.25, -0.2) is 4.39 Å². The van der Waals surface area contributed by atoms with E-state index in [1.807, 2.05) is 13.0 Å². The van der Waals surface area contributed by atoms with Gasteiger partial charge in [-0.3, -0.25) is 0 Å². The summed E-state index contributed by atoms with van der Waals surface area (Å²) in [6.45, 7) is 2.58. The van der Waals surface area contributed by atoms with E-state index in [0.717, 1.165) is 12.0 Å². The minimum Gasteiger partial charge on any atom is -0.375 e. The lowest BCUT2D eigenvalue weighted by Crippen LogP contribution is -2.35. The first-order valence-corrected chi connectivity index (χ1v) is 5.70. The molecule has 0 radical (unpaired) electrons. The smallest absolute Gasteiger partial charge is 0.124 e. The van der Waals surface area contributed by atoms with Gasteiger partial charge in [0, 0.05) is 18.4 Å². The van der Waals surface area contributed by atoms with Gasteiger partial charge in [-0.1, -0.05) is 0 Å². The first-order chi connectivity index (χ1) is 7.58. The Morgan fingerprint density at radius 1 is 1.50 bits per heavy atom. The number of hydrogen-bond acceptors (Lipinski definition) is 3. The van der Waals surface area contributed by atoms with Crippen molar-refractivity contribution in [2.75, 3.05) is 13.7 Å². The maximum absolute atomic E-state index is 13.4. The highest BCUT2D eigenvalue weighted by atomic mass is 32.1. The Morgan fingerprint density at radius 3 is 2.75 bits per heavy atom. The molecule has 1 saturated heterocycles. The Bertz CT molecular complexity index is 376. The van der Waals surface area contributed by atoms with Crippen molar-refractivity contribution < 1.29 is 13.9 Å². The SMILES string of the molecule is COC1(c2cc(F)cc(S)c2)CCOC1C. The van der Waals surface area contributed by atoms with Crippen molar-refractivity contribution in [2.45, 2.75) is 29.9 Å². The van der Waals surface area contributed by atoms with E-state index in [0.29, 0.717) is 11.5 Å². The predicted octanol–water partition coefficient (Wildman–Crippen LogP) is 2.76. The van der Waals surface area contributed by atoms with Crippen LogP contribution in [0.2, 0.25) is 0 Å². The van der Waals surface area contributed by atoms with Crippen molar-refractivity contribution >= 4 is 12.6 Å². The van der Waals surface area contributed by atoms with Gasteiger partial charge in [0.05, 0.1) is 12.7 Å². The maximum Gasteiger partial charge on any atom is 0.124 e. The Labute approximate surface area is 100 Å². The van der Waals surface area contributed by atoms with Crippen LogP contribution in [-0.4, -0.2) is 19.8 Å². The van der Waals surface area contributed by atoms with Crippen molar-refractivity contribution in [2.24, 2.45) is 0 Å². The summed E-state index contributed by atoms with van der Waals surface area (Å²) in [5, 5.41) is 0. The van der Waals surface area contributed by atoms with Gasteiger partial charge >= 0.3 is 0 Å². The summed E-state index contributed by atoms with van der Waals surface area (Å²) in [4.78, 5) is 0.602. The fourth-order valence-electron chi connectivity index (χ4n) is 2.31. The van der Waals surface area contributed by atoms with Gasteiger partial charge < -0.3 is 9.47 Å². The highest BCUT2D eigenvalue weighted by molar-refractivity contribution is 7.80. The molecule has 1 aliphatic rings. The molecule has 2 nitrogen and oxygen atoms in total. The van der Waals surface area contributed by atoms with Crippen LogP contribution >= 0.6 is 12.6 Å². The molecule has 2 unspecified atom stereocenters. The lowest BCUT2D eigenvalue weighted by molar-refractivity contribution is -0.0650. The first kappa shape index (κ1) is 11.9. The van der Waals surface area contributed by atoms with E-state index in [1.54, 1.807) is 7.11 Å². The van der Waals surface area contributed by atoms with Crippen LogP contribution in [0.15, 0.2) is 23.1 Å². The van der Waals surface area contributed by atoms with Crippen molar-refractivity contribution in [3.8, 4) is 0 Å². The van der Waals surface area contributed by atoms with Crippen LogP contribution in [0.3, 0.4) is 0 Å². The van der Waals surface area contributed by atoms with E-state index >= 15 is 0 Å². The van der Waals surface area contributed by atoms with E-state index in [2.05, 4.69) is 12.6 Å². The lowest BCUT2D eigenvalue weighted by atomic mass is 9.87. The molecule has 4 heteroatoms. The Morgan fingerprint density at radius 2 is 2.25 bits per heavy atom. The van der Waals surface area contributed by atoms with Crippen LogP contribution in [0.1, 0.15) is 18.9 Å². The Hall–Kier alpha value is -0.580. The zero-order valence-corrected chi connectivity index (χ0v) is 10.3. The average Bonchev–Trinajstić information content (AvgIpc) is 2.59. The lowest BCUT2D eigenvalue weighted by Gasteiger charge is -2.31. The molecule has 1 heterocycles. The highest BCUT2D eigenvalue weighted by Gasteiger charge is 2.43. The molecule has 0 N–H and O–H groups in total. The molecule has 0 aliphatic carbocycles. The van der Waals surface area contributed by atoms with E-state index in [1.165, 1.54) is 12.1 Å². The molecule has 0 saturated carbocycles. The van der Waals surface area contributed by atoms with E-state index in [4.69, 9.17) is 9.47 Å². The monoisotopic (exact) mass is 242 g/mol. The maximum atomic E-state index is 13.4. The second-order valence-electron chi connectivity index (χ2n) is 4.05. The third-order valence-electron chi connectivity index (χ3n) is 3.23. The van der Waals surface area contributed by atoms with Crippen molar-refractivity contribution in [1.29, 1.82) is 0 Å². The molecule has 2 rings (SSSR count). The zero-order valence-electron chi connectivity index (χ0n) is 9.37. The standard InChI is InChI=1S/C12H15FO2S/c1-8-12(14-2,3-4-15-8)9-5-10(13)7-11(16)6-9/h5-8,16H,3-4H2,1-2H3. The summed E-state index contributed by atoms with van der Waals surface area (Å²) < 4.78 is 24.5. The topological polar surface area (TPSA) is 18.5 Å². The van der Waals surface area contributed by atoms with Gasteiger partial charge in [-0.05, 0) is 30.7 Å². The van der Waals surface area contributed by atoms with Gasteiger partial charge in [-0.15, -0.1) is 12.6 Å². The number of thiol groups is 1. The van der Waals surface area contributed by atoms with E-state index < -0.39 is 5.60 Å². The number of methoxy groups -OCH3 is 1. The van der Waals surface area contributed by atoms with Gasteiger partial charge in [0.1, 0.15) is 11.4 Å². The van der Waals surface area contributed by atoms with Crippen LogP contribution in [0.25, 0.3) is 0 Å². The second kappa shape index (κ2) is 4.35. The molecule has 0 aromatic heterocycles. The quantitative estimate of drug-likeness (QED) is 0.804. The average molecular weight is 242 g/mol. The van der Waals surface area contributed by atoms with E-state index in [9.17, 15) is 4.39 Å². The van der Waals surface area contributed by atoms with Crippen molar-refractivity contribution in [3.05, 3.63) is 29.6 Å². The van der Waals surface area contributed by atoms with Crippen molar-refractivity contribution in [1.82, 2.24) is 0 Å². The predicted molar refractivity (Wildman–Crippen MR) is 62.4 cm³/mol. The van der Waals surface area contributed by atoms with Crippen LogP contribution in [-0.2, 0) is 15.1 Å². The molecular weight excluding hydrogens is 227 g/mol. The fourth-order valence-corrected chi connectivity index (χ4v) is 2.57. The first-order valence-electron chi connectivity index (χ1n) is 5.25. The summed E-state index contributed by atoms with van der Waals surface area (Å²) in [5.74, 6) is -0.293. The van der Waals surface area contributed by atoms with Gasteiger partial charge in [0.2, 0.25) is 0 Å². The number of benzene rings is 1. The molecule has 1 aromatic carbocycles. The molecule has 0 amide bonds. The van der Waals surface area contributed by atoms with Crippen LogP contribution < -0.4 is 0 Å². The molecule has 1 fully saturated rings. The number of hydrogen-bond donors (Lipinski definition) is 1. The number of halogens is 1. The summed E-state index contributed by atoms with van der Waals surface area (Å²) in [6, 6.07) is 4.71. The van der Waals surface area contributed by atoms with Crippen LogP contribution in [0, 0.1) is 5.82 Å². The summed E-state index contributed by atoms with van der Waals surface area (Å²) in [6.07, 6.45) is 0.661. The Kier molecular flexibility index (Phi) is 3.24. The molecular formula is C12H15FO2S. The molecule has 88 valence electrons. The van der Waals surface area contributed by atoms with Gasteiger partial charge in [0.25, 0.3) is 0 Å². The van der Waals surface area contributed by atoms with Crippen LogP contribution in [0.4, 0.5) is 4.39 Å². The molecule has 2 atom stereocenters. The van der Waals surface area contributed by atoms with Gasteiger partial charge in [-0.2, -0.15) is 0 Å². The molecule has 16 heavy (non-hydrogen) atoms. The highest BCUT2D eigenvalue weighted by Crippen LogP contribution is 2.39. The third-order valence-corrected chi connectivity index (χ3v) is 3.49. The molecule has 0 bridgehead atoms. The minimum absolute atomic E-state index is 0.0768. The zero-order chi connectivity index (χ0) is 11.8. The normalized spacial score (nSPS) is 29.6. The van der Waals surface area contributed by atoms with Crippen LogP contribution in [0.5, 0.6) is 0 Å². The minimum atomic E-state index is -0.542. The van der Waals surface area contributed by atoms with E-state index in [-0.39, 0.29) is 11.9 Å².